The highest BCUT2D eigenvalue weighted by molar-refractivity contribution is 7.99. The maximum Gasteiger partial charge on any atom is 0.259 e. The quantitative estimate of drug-likeness (QED) is 0.372. The number of aromatic nitrogens is 2. The monoisotopic (exact) mass is 547 g/mol. The van der Waals surface area contributed by atoms with E-state index in [0.717, 1.165) is 44.0 Å². The van der Waals surface area contributed by atoms with E-state index in [2.05, 4.69) is 19.8 Å². The average Bonchev–Trinajstić information content (AvgIpc) is 2.94. The van der Waals surface area contributed by atoms with E-state index in [9.17, 15) is 14.4 Å². The molecule has 0 atom stereocenters. The van der Waals surface area contributed by atoms with Crippen molar-refractivity contribution >= 4 is 34.4 Å². The number of ether oxygens (including phenoxy) is 1. The van der Waals surface area contributed by atoms with Crippen LogP contribution in [0.1, 0.15) is 29.6 Å². The number of ketones is 1. The first kappa shape index (κ1) is 26.0. The smallest absolute Gasteiger partial charge is 0.259 e. The molecule has 39 heavy (non-hydrogen) atoms. The Kier molecular flexibility index (Phi) is 7.42. The number of benzene rings is 2. The van der Waals surface area contributed by atoms with Crippen molar-refractivity contribution in [2.45, 2.75) is 30.0 Å². The molecule has 9 nitrogen and oxygen atoms in total. The molecule has 6 rings (SSSR count). The third-order valence-corrected chi connectivity index (χ3v) is 8.94. The maximum atomic E-state index is 13.1. The molecular weight excluding hydrogens is 514 g/mol. The van der Waals surface area contributed by atoms with Crippen LogP contribution in [0.4, 0.5) is 0 Å². The number of nitrogens with zero attached hydrogens (tertiary/aromatic N) is 4. The van der Waals surface area contributed by atoms with Gasteiger partial charge in [0.25, 0.3) is 5.56 Å². The number of likely N-dealkylation sites (tertiary alicyclic amines) is 1. The van der Waals surface area contributed by atoms with Gasteiger partial charge in [0.1, 0.15) is 11.4 Å². The van der Waals surface area contributed by atoms with Gasteiger partial charge >= 0.3 is 0 Å². The molecule has 3 aromatic rings. The fourth-order valence-corrected chi connectivity index (χ4v) is 6.62. The zero-order valence-electron chi connectivity index (χ0n) is 21.9. The van der Waals surface area contributed by atoms with Crippen LogP contribution >= 0.6 is 11.8 Å². The van der Waals surface area contributed by atoms with Gasteiger partial charge in [-0.15, -0.1) is 0 Å². The van der Waals surface area contributed by atoms with E-state index in [0.29, 0.717) is 60.8 Å². The van der Waals surface area contributed by atoms with Gasteiger partial charge in [-0.1, -0.05) is 36.0 Å². The molecule has 0 bridgehead atoms. The van der Waals surface area contributed by atoms with Crippen LogP contribution in [-0.2, 0) is 4.79 Å². The lowest BCUT2D eigenvalue weighted by Crippen LogP contribution is -2.55. The van der Waals surface area contributed by atoms with Crippen LogP contribution in [-0.4, -0.2) is 100 Å². The first-order chi connectivity index (χ1) is 19.0. The van der Waals surface area contributed by atoms with Crippen molar-refractivity contribution in [3.8, 4) is 5.75 Å². The van der Waals surface area contributed by atoms with E-state index >= 15 is 0 Å². The SMILES string of the molecule is O=C1CC2(CCN(C(=O)CN3CCN(CCSc4nc5ccccc5c(=O)[nH]4)CC3)CC2)Oc2ccccc21. The first-order valence-electron chi connectivity index (χ1n) is 13.6. The van der Waals surface area contributed by atoms with Crippen LogP contribution in [0.5, 0.6) is 5.75 Å². The summed E-state index contributed by atoms with van der Waals surface area (Å²) in [5, 5.41) is 1.26. The summed E-state index contributed by atoms with van der Waals surface area (Å²) < 4.78 is 6.31. The molecule has 3 aliphatic heterocycles. The number of piperazine rings is 1. The minimum atomic E-state index is -0.485. The van der Waals surface area contributed by atoms with Crippen molar-refractivity contribution < 1.29 is 14.3 Å². The minimum Gasteiger partial charge on any atom is -0.486 e. The fourth-order valence-electron chi connectivity index (χ4n) is 5.75. The van der Waals surface area contributed by atoms with Crippen LogP contribution in [0.15, 0.2) is 58.5 Å². The van der Waals surface area contributed by atoms with Crippen LogP contribution < -0.4 is 10.3 Å². The zero-order valence-corrected chi connectivity index (χ0v) is 22.8. The van der Waals surface area contributed by atoms with Gasteiger partial charge in [0.05, 0.1) is 29.4 Å². The van der Waals surface area contributed by atoms with Crippen molar-refractivity contribution in [3.05, 3.63) is 64.4 Å². The molecule has 10 heteroatoms. The first-order valence-corrected chi connectivity index (χ1v) is 14.6. The molecule has 1 amide bonds. The Balaban J connectivity index is 0.928. The molecule has 1 spiro atoms. The number of carbonyl (C=O) groups excluding carboxylic acids is 2. The van der Waals surface area contributed by atoms with Crippen LogP contribution in [0.25, 0.3) is 10.9 Å². The standard InChI is InChI=1S/C29H33N5O4S/c35-24-19-29(38-25-8-4-2-6-22(24)25)9-11-34(12-10-29)26(36)20-33-15-13-32(14-16-33)17-18-39-28-30-23-7-3-1-5-21(23)27(37)31-28/h1-8H,9-20H2,(H,30,31,37). The van der Waals surface area contributed by atoms with Gasteiger partial charge in [0, 0.05) is 64.4 Å². The Morgan fingerprint density at radius 3 is 2.49 bits per heavy atom. The van der Waals surface area contributed by atoms with Gasteiger partial charge in [-0.2, -0.15) is 0 Å². The third kappa shape index (κ3) is 5.73. The van der Waals surface area contributed by atoms with E-state index < -0.39 is 5.60 Å². The van der Waals surface area contributed by atoms with Gasteiger partial charge < -0.3 is 14.6 Å². The number of carbonyl (C=O) groups is 2. The Bertz CT molecular complexity index is 1430. The molecule has 204 valence electrons. The summed E-state index contributed by atoms with van der Waals surface area (Å²) in [5.74, 6) is 1.80. The van der Waals surface area contributed by atoms with Crippen LogP contribution in [0.2, 0.25) is 0 Å². The highest BCUT2D eigenvalue weighted by Gasteiger charge is 2.43. The summed E-state index contributed by atoms with van der Waals surface area (Å²) in [5.41, 5.74) is 0.798. The summed E-state index contributed by atoms with van der Waals surface area (Å²) in [6, 6.07) is 14.8. The second-order valence-electron chi connectivity index (χ2n) is 10.6. The molecule has 2 aromatic carbocycles. The normalized spacial score (nSPS) is 19.7. The average molecular weight is 548 g/mol. The molecular formula is C29H33N5O4S. The van der Waals surface area contributed by atoms with Crippen molar-refractivity contribution in [1.29, 1.82) is 0 Å². The number of rotatable bonds is 6. The van der Waals surface area contributed by atoms with Crippen LogP contribution in [0, 0.1) is 0 Å². The van der Waals surface area contributed by atoms with Crippen molar-refractivity contribution in [2.24, 2.45) is 0 Å². The number of amides is 1. The maximum absolute atomic E-state index is 13.1. The fraction of sp³-hybridized carbons (Fsp3) is 0.448. The van der Waals surface area contributed by atoms with Crippen molar-refractivity contribution in [3.63, 3.8) is 0 Å². The number of hydrogen-bond acceptors (Lipinski definition) is 8. The Labute approximate surface area is 231 Å². The molecule has 0 saturated carbocycles. The van der Waals surface area contributed by atoms with E-state index in [4.69, 9.17) is 4.74 Å². The molecule has 1 aromatic heterocycles. The van der Waals surface area contributed by atoms with E-state index in [1.807, 2.05) is 47.4 Å². The van der Waals surface area contributed by atoms with E-state index in [1.54, 1.807) is 17.8 Å². The number of hydrogen-bond donors (Lipinski definition) is 1. The Morgan fingerprint density at radius 1 is 0.949 bits per heavy atom. The zero-order chi connectivity index (χ0) is 26.8. The Hall–Kier alpha value is -3.21. The lowest BCUT2D eigenvalue weighted by Gasteiger charge is -2.44. The Morgan fingerprint density at radius 2 is 1.67 bits per heavy atom. The van der Waals surface area contributed by atoms with Gasteiger partial charge in [-0.3, -0.25) is 24.2 Å². The molecule has 2 fully saturated rings. The molecule has 4 heterocycles. The van der Waals surface area contributed by atoms with Gasteiger partial charge in [0.2, 0.25) is 5.91 Å². The molecule has 2 saturated heterocycles. The van der Waals surface area contributed by atoms with Crippen molar-refractivity contribution in [1.82, 2.24) is 24.7 Å². The molecule has 1 N–H and O–H groups in total. The molecule has 0 radical (unpaired) electrons. The van der Waals surface area contributed by atoms with Crippen LogP contribution in [0.3, 0.4) is 0 Å². The largest absolute Gasteiger partial charge is 0.486 e. The molecule has 0 unspecified atom stereocenters. The number of aromatic amines is 1. The number of Topliss-reactive ketones (excluding diaryl/α,β-unsaturated/α-hetero) is 1. The second kappa shape index (κ2) is 11.1. The second-order valence-corrected chi connectivity index (χ2v) is 11.7. The van der Waals surface area contributed by atoms with Gasteiger partial charge in [-0.25, -0.2) is 4.98 Å². The lowest BCUT2D eigenvalue weighted by atomic mass is 9.82. The van der Waals surface area contributed by atoms with Gasteiger partial charge in [-0.05, 0) is 24.3 Å². The summed E-state index contributed by atoms with van der Waals surface area (Å²) in [6.45, 7) is 6.11. The van der Waals surface area contributed by atoms with E-state index in [1.165, 1.54) is 0 Å². The van der Waals surface area contributed by atoms with Gasteiger partial charge in [0.15, 0.2) is 10.9 Å². The summed E-state index contributed by atoms with van der Waals surface area (Å²) in [4.78, 5) is 52.0. The predicted octanol–water partition coefficient (Wildman–Crippen LogP) is 2.66. The van der Waals surface area contributed by atoms with Crippen molar-refractivity contribution in [2.75, 3.05) is 58.1 Å². The highest BCUT2D eigenvalue weighted by Crippen LogP contribution is 2.39. The number of para-hydroxylation sites is 2. The van der Waals surface area contributed by atoms with E-state index in [-0.39, 0.29) is 17.2 Å². The number of thioether (sulfide) groups is 1. The number of fused-ring (bicyclic) bond motifs is 2. The number of H-pyrrole nitrogens is 1. The summed E-state index contributed by atoms with van der Waals surface area (Å²) in [6.07, 6.45) is 1.75. The predicted molar refractivity (Wildman–Crippen MR) is 151 cm³/mol. The number of piperidine rings is 1. The summed E-state index contributed by atoms with van der Waals surface area (Å²) in [7, 11) is 0. The third-order valence-electron chi connectivity index (χ3n) is 8.09. The lowest BCUT2D eigenvalue weighted by molar-refractivity contribution is -0.136. The minimum absolute atomic E-state index is 0.102. The highest BCUT2D eigenvalue weighted by atomic mass is 32.2. The summed E-state index contributed by atoms with van der Waals surface area (Å²) >= 11 is 1.56. The topological polar surface area (TPSA) is 98.8 Å². The molecule has 3 aliphatic rings. The molecule has 0 aliphatic carbocycles. The number of nitrogens with one attached hydrogen (secondary N) is 1.